The van der Waals surface area contributed by atoms with E-state index in [1.165, 1.54) is 23.3 Å². The van der Waals surface area contributed by atoms with Crippen molar-refractivity contribution in [3.63, 3.8) is 0 Å². The van der Waals surface area contributed by atoms with Crippen LogP contribution in [0.15, 0.2) is 27.4 Å². The van der Waals surface area contributed by atoms with Gasteiger partial charge in [-0.25, -0.2) is 4.98 Å². The molecule has 0 radical (unpaired) electrons. The minimum atomic E-state index is 0.0847. The molecule has 18 heavy (non-hydrogen) atoms. The second kappa shape index (κ2) is 5.49. The van der Waals surface area contributed by atoms with Crippen molar-refractivity contribution < 1.29 is 0 Å². The van der Waals surface area contributed by atoms with Crippen LogP contribution in [0, 0.1) is 12.3 Å². The van der Waals surface area contributed by atoms with Crippen molar-refractivity contribution in [1.82, 2.24) is 9.36 Å². The summed E-state index contributed by atoms with van der Waals surface area (Å²) in [5, 5.41) is 7.61. The van der Waals surface area contributed by atoms with Gasteiger partial charge in [-0.1, -0.05) is 36.9 Å². The van der Waals surface area contributed by atoms with Gasteiger partial charge in [0.05, 0.1) is 0 Å². The van der Waals surface area contributed by atoms with Crippen LogP contribution in [0.25, 0.3) is 0 Å². The first-order valence-electron chi connectivity index (χ1n) is 5.56. The van der Waals surface area contributed by atoms with E-state index in [9.17, 15) is 0 Å². The first kappa shape index (κ1) is 13.0. The molecule has 2 rings (SSSR count). The first-order chi connectivity index (χ1) is 8.61. The van der Waals surface area contributed by atoms with Crippen LogP contribution in [-0.4, -0.2) is 15.2 Å². The number of aromatic nitrogens is 2. The van der Waals surface area contributed by atoms with Gasteiger partial charge in [0, 0.05) is 16.9 Å². The zero-order valence-electron chi connectivity index (χ0n) is 10.2. The Morgan fingerprint density at radius 2 is 2.28 bits per heavy atom. The average Bonchev–Trinajstić information content (AvgIpc) is 2.79. The van der Waals surface area contributed by atoms with Crippen molar-refractivity contribution in [2.24, 2.45) is 5.73 Å². The van der Waals surface area contributed by atoms with Crippen molar-refractivity contribution in [2.75, 3.05) is 0 Å². The van der Waals surface area contributed by atoms with Crippen LogP contribution in [0.1, 0.15) is 23.9 Å². The zero-order valence-corrected chi connectivity index (χ0v) is 11.9. The molecular weight excluding hydrogens is 264 g/mol. The highest BCUT2D eigenvalue weighted by atomic mass is 32.2. The van der Waals surface area contributed by atoms with Crippen LogP contribution >= 0.6 is 23.3 Å². The summed E-state index contributed by atoms with van der Waals surface area (Å²) in [4.78, 5) is 5.41. The summed E-state index contributed by atoms with van der Waals surface area (Å²) in [6.07, 6.45) is 0.838. The lowest BCUT2D eigenvalue weighted by Crippen LogP contribution is -2.12. The molecule has 0 unspecified atom stereocenters. The molecule has 2 aromatic rings. The minimum absolute atomic E-state index is 0.0847. The molecule has 0 spiro atoms. The van der Waals surface area contributed by atoms with E-state index in [1.807, 2.05) is 32.0 Å². The Kier molecular flexibility index (Phi) is 3.98. The Labute approximate surface area is 114 Å². The number of rotatable bonds is 4. The SMILES string of the molecule is CCc1nsc(Sc2c(C)cccc2C(=N)N)n1. The normalized spacial score (nSPS) is 10.6. The van der Waals surface area contributed by atoms with Crippen LogP contribution in [0.4, 0.5) is 0 Å². The lowest BCUT2D eigenvalue weighted by Gasteiger charge is -2.08. The third-order valence-corrected chi connectivity index (χ3v) is 4.49. The number of nitrogen functional groups attached to an aromatic ring is 1. The highest BCUT2D eigenvalue weighted by molar-refractivity contribution is 8.01. The van der Waals surface area contributed by atoms with Crippen LogP contribution < -0.4 is 5.73 Å². The molecule has 94 valence electrons. The molecule has 1 aromatic heterocycles. The summed E-state index contributed by atoms with van der Waals surface area (Å²) >= 11 is 2.92. The van der Waals surface area contributed by atoms with E-state index in [0.29, 0.717) is 0 Å². The number of nitrogens with one attached hydrogen (secondary N) is 1. The molecule has 1 aromatic carbocycles. The summed E-state index contributed by atoms with van der Waals surface area (Å²) in [5.41, 5.74) is 7.46. The molecule has 0 fully saturated rings. The van der Waals surface area contributed by atoms with Gasteiger partial charge in [-0.3, -0.25) is 5.41 Å². The fraction of sp³-hybridized carbons (Fsp3) is 0.250. The summed E-state index contributed by atoms with van der Waals surface area (Å²) in [7, 11) is 0. The van der Waals surface area contributed by atoms with Gasteiger partial charge >= 0.3 is 0 Å². The monoisotopic (exact) mass is 278 g/mol. The lowest BCUT2D eigenvalue weighted by atomic mass is 10.1. The summed E-state index contributed by atoms with van der Waals surface area (Å²) in [5.74, 6) is 0.946. The second-order valence-electron chi connectivity index (χ2n) is 3.80. The van der Waals surface area contributed by atoms with Crippen molar-refractivity contribution in [3.05, 3.63) is 35.2 Å². The van der Waals surface area contributed by atoms with Gasteiger partial charge in [-0.2, -0.15) is 4.37 Å². The number of nitrogens with zero attached hydrogens (tertiary/aromatic N) is 2. The number of hydrogen-bond donors (Lipinski definition) is 2. The second-order valence-corrected chi connectivity index (χ2v) is 5.81. The molecule has 0 aliphatic rings. The summed E-state index contributed by atoms with van der Waals surface area (Å²) in [6, 6.07) is 5.78. The largest absolute Gasteiger partial charge is 0.384 e. The van der Waals surface area contributed by atoms with Crippen LogP contribution in [-0.2, 0) is 6.42 Å². The smallest absolute Gasteiger partial charge is 0.174 e. The standard InChI is InChI=1S/C12H14N4S2/c1-3-9-15-12(18-16-9)17-10-7(2)5-4-6-8(10)11(13)14/h4-6H,3H2,1-2H3,(H3,13,14). The van der Waals surface area contributed by atoms with Gasteiger partial charge in [0.1, 0.15) is 11.7 Å². The van der Waals surface area contributed by atoms with Gasteiger partial charge in [0.15, 0.2) is 4.34 Å². The Bertz CT molecular complexity index is 577. The maximum Gasteiger partial charge on any atom is 0.174 e. The van der Waals surface area contributed by atoms with Crippen LogP contribution in [0.5, 0.6) is 0 Å². The van der Waals surface area contributed by atoms with Crippen molar-refractivity contribution in [3.8, 4) is 0 Å². The first-order valence-corrected chi connectivity index (χ1v) is 7.15. The van der Waals surface area contributed by atoms with Crippen LogP contribution in [0.3, 0.4) is 0 Å². The number of amidine groups is 1. The molecule has 0 aliphatic carbocycles. The Morgan fingerprint density at radius 1 is 1.50 bits per heavy atom. The van der Waals surface area contributed by atoms with E-state index in [2.05, 4.69) is 9.36 Å². The molecule has 1 heterocycles. The quantitative estimate of drug-likeness (QED) is 0.666. The number of aryl methyl sites for hydroxylation is 2. The molecule has 0 saturated carbocycles. The average molecular weight is 278 g/mol. The van der Waals surface area contributed by atoms with Gasteiger partial charge < -0.3 is 5.73 Å². The predicted octanol–water partition coefficient (Wildman–Crippen LogP) is 2.84. The third kappa shape index (κ3) is 2.70. The molecule has 4 nitrogen and oxygen atoms in total. The maximum absolute atomic E-state index is 7.61. The topological polar surface area (TPSA) is 75.7 Å². The van der Waals surface area contributed by atoms with Crippen LogP contribution in [0.2, 0.25) is 0 Å². The van der Waals surface area contributed by atoms with E-state index >= 15 is 0 Å². The van der Waals surface area contributed by atoms with E-state index in [-0.39, 0.29) is 5.84 Å². The van der Waals surface area contributed by atoms with E-state index in [1.54, 1.807) is 0 Å². The molecule has 0 atom stereocenters. The fourth-order valence-electron chi connectivity index (χ4n) is 1.51. The molecule has 0 aliphatic heterocycles. The van der Waals surface area contributed by atoms with Gasteiger partial charge in [0.25, 0.3) is 0 Å². The summed E-state index contributed by atoms with van der Waals surface area (Å²) < 4.78 is 5.15. The number of nitrogens with two attached hydrogens (primary N) is 1. The number of benzene rings is 1. The summed E-state index contributed by atoms with van der Waals surface area (Å²) in [6.45, 7) is 4.04. The van der Waals surface area contributed by atoms with Gasteiger partial charge in [-0.05, 0) is 24.0 Å². The predicted molar refractivity (Wildman–Crippen MR) is 75.6 cm³/mol. The number of hydrogen-bond acceptors (Lipinski definition) is 5. The molecule has 0 saturated heterocycles. The van der Waals surface area contributed by atoms with Crippen molar-refractivity contribution in [1.29, 1.82) is 5.41 Å². The fourth-order valence-corrected chi connectivity index (χ4v) is 3.36. The Morgan fingerprint density at radius 3 is 2.89 bits per heavy atom. The highest BCUT2D eigenvalue weighted by Gasteiger charge is 2.12. The molecule has 0 amide bonds. The molecule has 3 N–H and O–H groups in total. The highest BCUT2D eigenvalue weighted by Crippen LogP contribution is 2.33. The Balaban J connectivity index is 2.36. The third-order valence-electron chi connectivity index (χ3n) is 2.46. The lowest BCUT2D eigenvalue weighted by molar-refractivity contribution is 0.971. The Hall–Kier alpha value is -1.40. The molecule has 0 bridgehead atoms. The van der Waals surface area contributed by atoms with Gasteiger partial charge in [-0.15, -0.1) is 0 Å². The van der Waals surface area contributed by atoms with E-state index in [0.717, 1.165) is 32.6 Å². The minimum Gasteiger partial charge on any atom is -0.384 e. The maximum atomic E-state index is 7.61. The van der Waals surface area contributed by atoms with Gasteiger partial charge in [0.2, 0.25) is 0 Å². The van der Waals surface area contributed by atoms with Crippen molar-refractivity contribution in [2.45, 2.75) is 29.5 Å². The van der Waals surface area contributed by atoms with Crippen molar-refractivity contribution >= 4 is 29.1 Å². The van der Waals surface area contributed by atoms with E-state index in [4.69, 9.17) is 11.1 Å². The van der Waals surface area contributed by atoms with E-state index < -0.39 is 0 Å². The molecule has 6 heteroatoms. The zero-order chi connectivity index (χ0) is 13.1. The molecular formula is C12H14N4S2.